The fourth-order valence-corrected chi connectivity index (χ4v) is 4.82. The molecule has 0 aromatic heterocycles. The SMILES string of the molecule is Clc1ccc([C@H](C2CCCCC2)N2CCNCC2)c(Br)c1. The second-order valence-electron chi connectivity index (χ2n) is 6.29. The fraction of sp³-hybridized carbons (Fsp3) is 0.647. The highest BCUT2D eigenvalue weighted by Crippen LogP contribution is 2.41. The Morgan fingerprint density at radius 3 is 2.52 bits per heavy atom. The number of nitrogens with zero attached hydrogens (tertiary/aromatic N) is 1. The molecule has 2 aliphatic rings. The van der Waals surface area contributed by atoms with Crippen LogP contribution in [0, 0.1) is 5.92 Å². The molecule has 0 bridgehead atoms. The lowest BCUT2D eigenvalue weighted by atomic mass is 9.80. The zero-order chi connectivity index (χ0) is 14.7. The summed E-state index contributed by atoms with van der Waals surface area (Å²) in [7, 11) is 0. The zero-order valence-corrected chi connectivity index (χ0v) is 14.8. The molecule has 1 saturated heterocycles. The van der Waals surface area contributed by atoms with Crippen molar-refractivity contribution in [2.75, 3.05) is 26.2 Å². The lowest BCUT2D eigenvalue weighted by Gasteiger charge is -2.41. The zero-order valence-electron chi connectivity index (χ0n) is 12.5. The van der Waals surface area contributed by atoms with E-state index in [1.54, 1.807) is 0 Å². The Kier molecular flexibility index (Phi) is 5.60. The van der Waals surface area contributed by atoms with Gasteiger partial charge in [-0.15, -0.1) is 0 Å². The van der Waals surface area contributed by atoms with E-state index in [2.05, 4.69) is 38.3 Å². The van der Waals surface area contributed by atoms with Crippen LogP contribution in [0.25, 0.3) is 0 Å². The van der Waals surface area contributed by atoms with E-state index in [0.717, 1.165) is 37.1 Å². The Balaban J connectivity index is 1.89. The summed E-state index contributed by atoms with van der Waals surface area (Å²) >= 11 is 9.89. The lowest BCUT2D eigenvalue weighted by molar-refractivity contribution is 0.103. The first kappa shape index (κ1) is 15.8. The van der Waals surface area contributed by atoms with E-state index >= 15 is 0 Å². The Morgan fingerprint density at radius 1 is 1.14 bits per heavy atom. The Hall–Kier alpha value is -0.0900. The predicted molar refractivity (Wildman–Crippen MR) is 92.9 cm³/mol. The molecule has 0 spiro atoms. The van der Waals surface area contributed by atoms with E-state index < -0.39 is 0 Å². The molecule has 2 nitrogen and oxygen atoms in total. The lowest BCUT2D eigenvalue weighted by Crippen LogP contribution is -2.47. The van der Waals surface area contributed by atoms with E-state index in [4.69, 9.17) is 11.6 Å². The number of nitrogens with one attached hydrogen (secondary N) is 1. The van der Waals surface area contributed by atoms with Crippen LogP contribution in [0.2, 0.25) is 5.02 Å². The van der Waals surface area contributed by atoms with Crippen molar-refractivity contribution in [3.63, 3.8) is 0 Å². The van der Waals surface area contributed by atoms with Gasteiger partial charge in [0.25, 0.3) is 0 Å². The van der Waals surface area contributed by atoms with Crippen LogP contribution in [-0.4, -0.2) is 31.1 Å². The topological polar surface area (TPSA) is 15.3 Å². The maximum atomic E-state index is 6.14. The molecule has 0 radical (unpaired) electrons. The summed E-state index contributed by atoms with van der Waals surface area (Å²) in [4.78, 5) is 2.68. The molecule has 3 rings (SSSR count). The van der Waals surface area contributed by atoms with Gasteiger partial charge in [0.05, 0.1) is 0 Å². The van der Waals surface area contributed by atoms with Gasteiger partial charge in [-0.05, 0) is 36.5 Å². The van der Waals surface area contributed by atoms with E-state index in [0.29, 0.717) is 6.04 Å². The van der Waals surface area contributed by atoms with Crippen molar-refractivity contribution in [1.29, 1.82) is 0 Å². The van der Waals surface area contributed by atoms with Gasteiger partial charge in [-0.1, -0.05) is 52.9 Å². The van der Waals surface area contributed by atoms with Gasteiger partial charge in [0.2, 0.25) is 0 Å². The standard InChI is InChI=1S/C17H24BrClN2/c18-16-12-14(19)6-7-15(16)17(13-4-2-1-3-5-13)21-10-8-20-9-11-21/h6-7,12-13,17,20H,1-5,8-11H2/t17-/m0/s1. The molecule has 1 atom stereocenters. The molecule has 4 heteroatoms. The maximum absolute atomic E-state index is 6.14. The molecule has 1 saturated carbocycles. The van der Waals surface area contributed by atoms with E-state index in [-0.39, 0.29) is 0 Å². The van der Waals surface area contributed by atoms with Gasteiger partial charge < -0.3 is 5.32 Å². The third kappa shape index (κ3) is 3.82. The number of piperazine rings is 1. The third-order valence-electron chi connectivity index (χ3n) is 4.92. The van der Waals surface area contributed by atoms with Gasteiger partial charge >= 0.3 is 0 Å². The minimum Gasteiger partial charge on any atom is -0.314 e. The quantitative estimate of drug-likeness (QED) is 0.833. The van der Waals surface area contributed by atoms with Gasteiger partial charge in [0.15, 0.2) is 0 Å². The van der Waals surface area contributed by atoms with Crippen molar-refractivity contribution in [1.82, 2.24) is 10.2 Å². The first-order valence-electron chi connectivity index (χ1n) is 8.15. The van der Waals surface area contributed by atoms with Gasteiger partial charge in [-0.2, -0.15) is 0 Å². The van der Waals surface area contributed by atoms with Crippen LogP contribution in [0.15, 0.2) is 22.7 Å². The first-order chi connectivity index (χ1) is 10.3. The number of hydrogen-bond donors (Lipinski definition) is 1. The van der Waals surface area contributed by atoms with Gasteiger partial charge in [0, 0.05) is 41.7 Å². The second kappa shape index (κ2) is 7.45. The first-order valence-corrected chi connectivity index (χ1v) is 9.32. The minimum atomic E-state index is 0.541. The molecule has 1 heterocycles. The van der Waals surface area contributed by atoms with Gasteiger partial charge in [-0.25, -0.2) is 0 Å². The number of halogens is 2. The monoisotopic (exact) mass is 370 g/mol. The highest BCUT2D eigenvalue weighted by atomic mass is 79.9. The van der Waals surface area contributed by atoms with Crippen LogP contribution in [0.5, 0.6) is 0 Å². The molecule has 1 aliphatic carbocycles. The van der Waals surface area contributed by atoms with Gasteiger partial charge in [-0.3, -0.25) is 4.90 Å². The maximum Gasteiger partial charge on any atom is 0.0417 e. The highest BCUT2D eigenvalue weighted by molar-refractivity contribution is 9.10. The van der Waals surface area contributed by atoms with Crippen LogP contribution in [0.3, 0.4) is 0 Å². The van der Waals surface area contributed by atoms with Crippen molar-refractivity contribution in [2.24, 2.45) is 5.92 Å². The molecule has 1 aromatic carbocycles. The Labute approximate surface area is 141 Å². The molecule has 1 N–H and O–H groups in total. The van der Waals surface area contributed by atoms with Crippen molar-refractivity contribution < 1.29 is 0 Å². The molecule has 0 unspecified atom stereocenters. The summed E-state index contributed by atoms with van der Waals surface area (Å²) in [5.41, 5.74) is 1.42. The molecule has 1 aromatic rings. The Morgan fingerprint density at radius 2 is 1.86 bits per heavy atom. The summed E-state index contributed by atoms with van der Waals surface area (Å²) in [6.07, 6.45) is 6.91. The van der Waals surface area contributed by atoms with E-state index in [1.165, 1.54) is 42.1 Å². The molecular weight excluding hydrogens is 348 g/mol. The minimum absolute atomic E-state index is 0.541. The Bertz CT molecular complexity index is 450. The second-order valence-corrected chi connectivity index (χ2v) is 7.59. The van der Waals surface area contributed by atoms with Crippen LogP contribution < -0.4 is 5.32 Å². The summed E-state index contributed by atoms with van der Waals surface area (Å²) in [6.45, 7) is 4.51. The molecule has 0 amide bonds. The average Bonchev–Trinajstić information content (AvgIpc) is 2.52. The number of benzene rings is 1. The summed E-state index contributed by atoms with van der Waals surface area (Å²) in [6, 6.07) is 6.86. The van der Waals surface area contributed by atoms with Crippen molar-refractivity contribution in [3.05, 3.63) is 33.3 Å². The summed E-state index contributed by atoms with van der Waals surface area (Å²) in [5.74, 6) is 0.786. The molecule has 2 fully saturated rings. The predicted octanol–water partition coefficient (Wildman–Crippen LogP) is 4.63. The van der Waals surface area contributed by atoms with Crippen LogP contribution in [-0.2, 0) is 0 Å². The van der Waals surface area contributed by atoms with Crippen molar-refractivity contribution in [2.45, 2.75) is 38.1 Å². The van der Waals surface area contributed by atoms with E-state index in [1.807, 2.05) is 6.07 Å². The van der Waals surface area contributed by atoms with Crippen molar-refractivity contribution >= 4 is 27.5 Å². The summed E-state index contributed by atoms with van der Waals surface area (Å²) in [5, 5.41) is 4.29. The van der Waals surface area contributed by atoms with Crippen LogP contribution in [0.4, 0.5) is 0 Å². The largest absolute Gasteiger partial charge is 0.314 e. The molecule has 1 aliphatic heterocycles. The van der Waals surface area contributed by atoms with Gasteiger partial charge in [0.1, 0.15) is 0 Å². The highest BCUT2D eigenvalue weighted by Gasteiger charge is 2.32. The molecule has 21 heavy (non-hydrogen) atoms. The molecular formula is C17H24BrClN2. The molecule has 116 valence electrons. The number of hydrogen-bond acceptors (Lipinski definition) is 2. The number of rotatable bonds is 3. The third-order valence-corrected chi connectivity index (χ3v) is 5.84. The summed E-state index contributed by atoms with van der Waals surface area (Å²) < 4.78 is 1.17. The normalized spacial score (nSPS) is 23.1. The van der Waals surface area contributed by atoms with Crippen molar-refractivity contribution in [3.8, 4) is 0 Å². The van der Waals surface area contributed by atoms with E-state index in [9.17, 15) is 0 Å². The van der Waals surface area contributed by atoms with Crippen LogP contribution >= 0.6 is 27.5 Å². The average molecular weight is 372 g/mol. The fourth-order valence-electron chi connectivity index (χ4n) is 3.90. The smallest absolute Gasteiger partial charge is 0.0417 e. The van der Waals surface area contributed by atoms with Crippen LogP contribution in [0.1, 0.15) is 43.7 Å².